The Labute approximate surface area is 143 Å². The van der Waals surface area contributed by atoms with Crippen LogP contribution in [0.4, 0.5) is 5.82 Å². The zero-order chi connectivity index (χ0) is 16.2. The number of rotatable bonds is 3. The van der Waals surface area contributed by atoms with Crippen LogP contribution in [0.1, 0.15) is 25.7 Å². The Balaban J connectivity index is 1.49. The summed E-state index contributed by atoms with van der Waals surface area (Å²) in [7, 11) is 0. The number of anilines is 1. The molecule has 1 atom stereocenters. The summed E-state index contributed by atoms with van der Waals surface area (Å²) in [5.41, 5.74) is 0. The lowest BCUT2D eigenvalue weighted by Crippen LogP contribution is -2.45. The fraction of sp³-hybridized carbons (Fsp3) is 0.562. The smallest absolute Gasteiger partial charge is 0.251 e. The lowest BCUT2D eigenvalue weighted by molar-refractivity contribution is -0.143. The van der Waals surface area contributed by atoms with Gasteiger partial charge in [-0.1, -0.05) is 0 Å². The number of aromatic nitrogens is 1. The highest BCUT2D eigenvalue weighted by Crippen LogP contribution is 2.22. The SMILES string of the molecule is O=C(Nc1ccc(Br)cn1)C1CCN(C(=O)C2CCCO2)CC1. The van der Waals surface area contributed by atoms with Gasteiger partial charge in [-0.15, -0.1) is 0 Å². The van der Waals surface area contributed by atoms with Gasteiger partial charge in [0.1, 0.15) is 11.9 Å². The van der Waals surface area contributed by atoms with Crippen LogP contribution in [0.3, 0.4) is 0 Å². The number of carbonyl (C=O) groups excluding carboxylic acids is 2. The molecular weight excluding hydrogens is 362 g/mol. The zero-order valence-corrected chi connectivity index (χ0v) is 14.4. The lowest BCUT2D eigenvalue weighted by atomic mass is 9.95. The van der Waals surface area contributed by atoms with Crippen LogP contribution in [0, 0.1) is 5.92 Å². The van der Waals surface area contributed by atoms with Crippen molar-refractivity contribution in [3.8, 4) is 0 Å². The normalized spacial score (nSPS) is 22.1. The highest BCUT2D eigenvalue weighted by molar-refractivity contribution is 9.10. The fourth-order valence-electron chi connectivity index (χ4n) is 3.02. The average Bonchev–Trinajstić information content (AvgIpc) is 3.11. The van der Waals surface area contributed by atoms with Gasteiger partial charge < -0.3 is 15.0 Å². The maximum absolute atomic E-state index is 12.3. The molecule has 0 spiro atoms. The molecular formula is C16H20BrN3O3. The van der Waals surface area contributed by atoms with Crippen LogP contribution in [0.25, 0.3) is 0 Å². The number of amides is 2. The van der Waals surface area contributed by atoms with Gasteiger partial charge in [0.05, 0.1) is 0 Å². The van der Waals surface area contributed by atoms with Crippen molar-refractivity contribution in [1.29, 1.82) is 0 Å². The number of carbonyl (C=O) groups is 2. The first-order valence-corrected chi connectivity index (χ1v) is 8.75. The number of nitrogens with zero attached hydrogens (tertiary/aromatic N) is 2. The van der Waals surface area contributed by atoms with Crippen molar-refractivity contribution >= 4 is 33.6 Å². The Morgan fingerprint density at radius 1 is 1.26 bits per heavy atom. The first kappa shape index (κ1) is 16.4. The van der Waals surface area contributed by atoms with E-state index in [1.165, 1.54) is 0 Å². The summed E-state index contributed by atoms with van der Waals surface area (Å²) in [6.45, 7) is 1.91. The molecule has 2 amide bonds. The molecule has 0 radical (unpaired) electrons. The number of hydrogen-bond donors (Lipinski definition) is 1. The minimum atomic E-state index is -0.271. The summed E-state index contributed by atoms with van der Waals surface area (Å²) >= 11 is 3.31. The van der Waals surface area contributed by atoms with Crippen molar-refractivity contribution in [3.05, 3.63) is 22.8 Å². The van der Waals surface area contributed by atoms with E-state index in [4.69, 9.17) is 4.74 Å². The third kappa shape index (κ3) is 4.09. The summed E-state index contributed by atoms with van der Waals surface area (Å²) in [5.74, 6) is 0.532. The standard InChI is InChI=1S/C16H20BrN3O3/c17-12-3-4-14(18-10-12)19-15(21)11-5-7-20(8-6-11)16(22)13-2-1-9-23-13/h3-4,10-11,13H,1-2,5-9H2,(H,18,19,21). The molecule has 1 aromatic rings. The second kappa shape index (κ2) is 7.40. The molecule has 1 N–H and O–H groups in total. The van der Waals surface area contributed by atoms with E-state index in [0.717, 1.165) is 17.3 Å². The Morgan fingerprint density at radius 3 is 2.65 bits per heavy atom. The lowest BCUT2D eigenvalue weighted by Gasteiger charge is -2.32. The zero-order valence-electron chi connectivity index (χ0n) is 12.8. The van der Waals surface area contributed by atoms with Crippen molar-refractivity contribution in [1.82, 2.24) is 9.88 Å². The second-order valence-electron chi connectivity index (χ2n) is 5.95. The average molecular weight is 382 g/mol. The van der Waals surface area contributed by atoms with Crippen molar-refractivity contribution < 1.29 is 14.3 Å². The Kier molecular flexibility index (Phi) is 5.27. The maximum atomic E-state index is 12.3. The molecule has 2 saturated heterocycles. The van der Waals surface area contributed by atoms with E-state index in [1.807, 2.05) is 11.0 Å². The van der Waals surface area contributed by atoms with Gasteiger partial charge in [-0.25, -0.2) is 4.98 Å². The van der Waals surface area contributed by atoms with Gasteiger partial charge in [0, 0.05) is 36.3 Å². The van der Waals surface area contributed by atoms with Gasteiger partial charge in [-0.2, -0.15) is 0 Å². The molecule has 0 bridgehead atoms. The van der Waals surface area contributed by atoms with Crippen LogP contribution >= 0.6 is 15.9 Å². The van der Waals surface area contributed by atoms with E-state index in [0.29, 0.717) is 38.4 Å². The van der Waals surface area contributed by atoms with Crippen LogP contribution in [0.2, 0.25) is 0 Å². The minimum Gasteiger partial charge on any atom is -0.368 e. The van der Waals surface area contributed by atoms with Gasteiger partial charge >= 0.3 is 0 Å². The molecule has 3 heterocycles. The maximum Gasteiger partial charge on any atom is 0.251 e. The number of nitrogens with one attached hydrogen (secondary N) is 1. The van der Waals surface area contributed by atoms with E-state index in [-0.39, 0.29) is 23.8 Å². The summed E-state index contributed by atoms with van der Waals surface area (Å²) < 4.78 is 6.32. The monoisotopic (exact) mass is 381 g/mol. The van der Waals surface area contributed by atoms with Crippen LogP contribution < -0.4 is 5.32 Å². The fourth-order valence-corrected chi connectivity index (χ4v) is 3.25. The van der Waals surface area contributed by atoms with Crippen molar-refractivity contribution in [2.45, 2.75) is 31.8 Å². The minimum absolute atomic E-state index is 0.0240. The van der Waals surface area contributed by atoms with E-state index in [2.05, 4.69) is 26.2 Å². The second-order valence-corrected chi connectivity index (χ2v) is 6.87. The third-order valence-corrected chi connectivity index (χ3v) is 4.83. The first-order valence-electron chi connectivity index (χ1n) is 7.96. The predicted octanol–water partition coefficient (Wildman–Crippen LogP) is 2.20. The van der Waals surface area contributed by atoms with Crippen molar-refractivity contribution in [3.63, 3.8) is 0 Å². The molecule has 6 nitrogen and oxygen atoms in total. The highest BCUT2D eigenvalue weighted by Gasteiger charge is 2.32. The largest absolute Gasteiger partial charge is 0.368 e. The molecule has 1 unspecified atom stereocenters. The Bertz CT molecular complexity index is 564. The molecule has 3 rings (SSSR count). The summed E-state index contributed by atoms with van der Waals surface area (Å²) in [5, 5.41) is 2.84. The van der Waals surface area contributed by atoms with Crippen LogP contribution in [0.5, 0.6) is 0 Å². The quantitative estimate of drug-likeness (QED) is 0.870. The van der Waals surface area contributed by atoms with Crippen molar-refractivity contribution in [2.75, 3.05) is 25.0 Å². The topological polar surface area (TPSA) is 71.5 Å². The summed E-state index contributed by atoms with van der Waals surface area (Å²) in [4.78, 5) is 30.6. The predicted molar refractivity (Wildman–Crippen MR) is 88.8 cm³/mol. The molecule has 0 saturated carbocycles. The number of pyridine rings is 1. The van der Waals surface area contributed by atoms with Gasteiger partial charge in [0.2, 0.25) is 5.91 Å². The number of ether oxygens (including phenoxy) is 1. The summed E-state index contributed by atoms with van der Waals surface area (Å²) in [6.07, 6.45) is 4.51. The highest BCUT2D eigenvalue weighted by atomic mass is 79.9. The molecule has 0 aromatic carbocycles. The molecule has 2 aliphatic heterocycles. The van der Waals surface area contributed by atoms with Crippen LogP contribution in [-0.4, -0.2) is 47.5 Å². The molecule has 124 valence electrons. The van der Waals surface area contributed by atoms with E-state index >= 15 is 0 Å². The summed E-state index contributed by atoms with van der Waals surface area (Å²) in [6, 6.07) is 3.60. The van der Waals surface area contributed by atoms with Gasteiger partial charge in [0.15, 0.2) is 0 Å². The molecule has 1 aromatic heterocycles. The van der Waals surface area contributed by atoms with Gasteiger partial charge in [-0.3, -0.25) is 9.59 Å². The van der Waals surface area contributed by atoms with E-state index < -0.39 is 0 Å². The number of hydrogen-bond acceptors (Lipinski definition) is 4. The molecule has 23 heavy (non-hydrogen) atoms. The van der Waals surface area contributed by atoms with Gasteiger partial charge in [-0.05, 0) is 53.7 Å². The Morgan fingerprint density at radius 2 is 2.04 bits per heavy atom. The number of likely N-dealkylation sites (tertiary alicyclic amines) is 1. The molecule has 2 aliphatic rings. The molecule has 2 fully saturated rings. The third-order valence-electron chi connectivity index (χ3n) is 4.36. The van der Waals surface area contributed by atoms with E-state index in [1.54, 1.807) is 12.3 Å². The van der Waals surface area contributed by atoms with Crippen molar-refractivity contribution in [2.24, 2.45) is 5.92 Å². The first-order chi connectivity index (χ1) is 11.1. The Hall–Kier alpha value is -1.47. The molecule has 0 aliphatic carbocycles. The number of halogens is 1. The molecule has 7 heteroatoms. The van der Waals surface area contributed by atoms with E-state index in [9.17, 15) is 9.59 Å². The van der Waals surface area contributed by atoms with Gasteiger partial charge in [0.25, 0.3) is 5.91 Å². The number of piperidine rings is 1. The van der Waals surface area contributed by atoms with Crippen LogP contribution in [0.15, 0.2) is 22.8 Å². The van der Waals surface area contributed by atoms with Crippen LogP contribution in [-0.2, 0) is 14.3 Å².